The third kappa shape index (κ3) is 8.04. The molecule has 1 aromatic rings. The molecule has 10 heteroatoms. The van der Waals surface area contributed by atoms with Crippen LogP contribution in [0.3, 0.4) is 0 Å². The zero-order valence-corrected chi connectivity index (χ0v) is 19.5. The molecule has 0 unspecified atom stereocenters. The summed E-state index contributed by atoms with van der Waals surface area (Å²) in [6, 6.07) is 8.66. The topological polar surface area (TPSA) is 108 Å². The van der Waals surface area contributed by atoms with E-state index in [4.69, 9.17) is 9.47 Å². The number of hydrogen-bond donors (Lipinski definition) is 2. The summed E-state index contributed by atoms with van der Waals surface area (Å²) in [6.07, 6.45) is -1.15. The molecular formula is C21H35N3O6S. The molecule has 0 saturated carbocycles. The minimum atomic E-state index is -3.74. The zero-order chi connectivity index (χ0) is 23.0. The smallest absolute Gasteiger partial charge is 0.407 e. The van der Waals surface area contributed by atoms with Gasteiger partial charge in [0.05, 0.1) is 25.4 Å². The molecule has 1 aliphatic rings. The Morgan fingerprint density at radius 1 is 1.26 bits per heavy atom. The van der Waals surface area contributed by atoms with Crippen molar-refractivity contribution in [3.8, 4) is 0 Å². The Kier molecular flexibility index (Phi) is 9.70. The minimum Gasteiger partial charge on any atom is -0.444 e. The van der Waals surface area contributed by atoms with Crippen LogP contribution in [-0.4, -0.2) is 86.9 Å². The van der Waals surface area contributed by atoms with Gasteiger partial charge in [-0.3, -0.25) is 0 Å². The van der Waals surface area contributed by atoms with Crippen LogP contribution < -0.4 is 5.32 Å². The van der Waals surface area contributed by atoms with Gasteiger partial charge in [-0.2, -0.15) is 17.0 Å². The van der Waals surface area contributed by atoms with Crippen molar-refractivity contribution in [3.05, 3.63) is 35.9 Å². The molecule has 2 rings (SSSR count). The van der Waals surface area contributed by atoms with Crippen molar-refractivity contribution < 1.29 is 27.8 Å². The first-order valence-electron chi connectivity index (χ1n) is 10.5. The van der Waals surface area contributed by atoms with E-state index < -0.39 is 28.4 Å². The lowest BCUT2D eigenvalue weighted by Gasteiger charge is -2.32. The van der Waals surface area contributed by atoms with Crippen molar-refractivity contribution in [1.29, 1.82) is 0 Å². The Bertz CT molecular complexity index is 782. The zero-order valence-electron chi connectivity index (χ0n) is 18.7. The van der Waals surface area contributed by atoms with Crippen LogP contribution in [0.25, 0.3) is 0 Å². The number of nitrogens with one attached hydrogen (secondary N) is 1. The van der Waals surface area contributed by atoms with E-state index in [9.17, 15) is 18.3 Å². The van der Waals surface area contributed by atoms with Gasteiger partial charge in [-0.1, -0.05) is 44.2 Å². The lowest BCUT2D eigenvalue weighted by molar-refractivity contribution is 0.0640. The third-order valence-electron chi connectivity index (χ3n) is 4.97. The van der Waals surface area contributed by atoms with Crippen molar-refractivity contribution in [2.45, 2.75) is 44.9 Å². The van der Waals surface area contributed by atoms with E-state index in [1.807, 2.05) is 44.2 Å². The van der Waals surface area contributed by atoms with Gasteiger partial charge in [-0.15, -0.1) is 0 Å². The average molecular weight is 458 g/mol. The fourth-order valence-electron chi connectivity index (χ4n) is 3.33. The van der Waals surface area contributed by atoms with E-state index >= 15 is 0 Å². The Morgan fingerprint density at radius 3 is 2.48 bits per heavy atom. The lowest BCUT2D eigenvalue weighted by atomic mass is 10.0. The Labute approximate surface area is 185 Å². The number of alkyl carbamates (subject to hydrolysis) is 1. The molecule has 1 aromatic carbocycles. The normalized spacial score (nSPS) is 19.0. The number of carbonyl (C=O) groups is 1. The average Bonchev–Trinajstić information content (AvgIpc) is 3.20. The minimum absolute atomic E-state index is 0.0646. The van der Waals surface area contributed by atoms with Gasteiger partial charge in [0.15, 0.2) is 0 Å². The van der Waals surface area contributed by atoms with E-state index in [0.717, 1.165) is 9.87 Å². The van der Waals surface area contributed by atoms with Crippen molar-refractivity contribution in [2.24, 2.45) is 5.92 Å². The van der Waals surface area contributed by atoms with Crippen LogP contribution in [-0.2, 0) is 26.1 Å². The molecule has 0 spiro atoms. The van der Waals surface area contributed by atoms with Crippen LogP contribution in [0.4, 0.5) is 4.79 Å². The quantitative estimate of drug-likeness (QED) is 0.518. The fraction of sp³-hybridized carbons (Fsp3) is 0.667. The number of rotatable bonds is 11. The van der Waals surface area contributed by atoms with Gasteiger partial charge in [-0.25, -0.2) is 4.79 Å². The van der Waals surface area contributed by atoms with Gasteiger partial charge in [0, 0.05) is 33.6 Å². The molecule has 31 heavy (non-hydrogen) atoms. The summed E-state index contributed by atoms with van der Waals surface area (Å²) in [5.74, 6) is 0.0646. The number of aliphatic hydroxyl groups excluding tert-OH is 1. The van der Waals surface area contributed by atoms with Gasteiger partial charge in [0.1, 0.15) is 6.10 Å². The first-order valence-corrected chi connectivity index (χ1v) is 11.9. The Morgan fingerprint density at radius 2 is 1.94 bits per heavy atom. The second kappa shape index (κ2) is 11.8. The summed E-state index contributed by atoms with van der Waals surface area (Å²) < 4.78 is 38.5. The third-order valence-corrected chi connectivity index (χ3v) is 6.85. The highest BCUT2D eigenvalue weighted by Gasteiger charge is 2.32. The van der Waals surface area contributed by atoms with E-state index in [1.54, 1.807) is 0 Å². The number of benzene rings is 1. The molecule has 0 aliphatic carbocycles. The van der Waals surface area contributed by atoms with Crippen LogP contribution in [0, 0.1) is 5.92 Å². The lowest BCUT2D eigenvalue weighted by Crippen LogP contribution is -2.53. The number of ether oxygens (including phenoxy) is 2. The van der Waals surface area contributed by atoms with E-state index in [2.05, 4.69) is 5.32 Å². The summed E-state index contributed by atoms with van der Waals surface area (Å²) >= 11 is 0. The number of carbonyl (C=O) groups excluding carboxylic acids is 1. The van der Waals surface area contributed by atoms with Gasteiger partial charge in [-0.05, 0) is 17.9 Å². The summed E-state index contributed by atoms with van der Waals surface area (Å²) in [5, 5.41) is 13.7. The number of nitrogens with zero attached hydrogens (tertiary/aromatic N) is 2. The second-order valence-corrected chi connectivity index (χ2v) is 10.5. The van der Waals surface area contributed by atoms with Crippen LogP contribution in [0.15, 0.2) is 30.3 Å². The highest BCUT2D eigenvalue weighted by Crippen LogP contribution is 2.14. The van der Waals surface area contributed by atoms with Crippen LogP contribution in [0.2, 0.25) is 0 Å². The van der Waals surface area contributed by atoms with Crippen molar-refractivity contribution in [2.75, 3.05) is 40.4 Å². The number of hydrogen-bond acceptors (Lipinski definition) is 6. The first kappa shape index (κ1) is 25.5. The molecular weight excluding hydrogens is 422 g/mol. The Hall–Kier alpha value is -1.72. The van der Waals surface area contributed by atoms with Gasteiger partial charge in [0.25, 0.3) is 10.2 Å². The standard InChI is InChI=1S/C21H35N3O6S/c1-16(2)13-24(31(27,28)23(3)4)14-20(25)19(12-17-8-6-5-7-9-17)22-21(26)30-18-10-11-29-15-18/h5-9,16,18-20,25H,10-15H2,1-4H3,(H,22,26)/t18-,19-,20+/m0/s1. The van der Waals surface area contributed by atoms with Gasteiger partial charge < -0.3 is 19.9 Å². The molecule has 0 aromatic heterocycles. The second-order valence-electron chi connectivity index (χ2n) is 8.40. The molecule has 1 fully saturated rings. The monoisotopic (exact) mass is 457 g/mol. The maximum absolute atomic E-state index is 12.7. The number of amides is 1. The van der Waals surface area contributed by atoms with Crippen molar-refractivity contribution >= 4 is 16.3 Å². The molecule has 2 N–H and O–H groups in total. The SMILES string of the molecule is CC(C)CN(C[C@@H](O)[C@H](Cc1ccccc1)NC(=O)O[C@H]1CCOC1)S(=O)(=O)N(C)C. The highest BCUT2D eigenvalue weighted by atomic mass is 32.2. The molecule has 1 aliphatic heterocycles. The molecule has 0 radical (unpaired) electrons. The largest absolute Gasteiger partial charge is 0.444 e. The molecule has 1 heterocycles. The summed E-state index contributed by atoms with van der Waals surface area (Å²) in [7, 11) is -0.828. The molecule has 0 bridgehead atoms. The van der Waals surface area contributed by atoms with Crippen LogP contribution >= 0.6 is 0 Å². The summed E-state index contributed by atoms with van der Waals surface area (Å²) in [4.78, 5) is 12.4. The maximum Gasteiger partial charge on any atom is 0.407 e. The predicted molar refractivity (Wildman–Crippen MR) is 118 cm³/mol. The van der Waals surface area contributed by atoms with Crippen LogP contribution in [0.5, 0.6) is 0 Å². The van der Waals surface area contributed by atoms with E-state index in [0.29, 0.717) is 26.1 Å². The molecule has 3 atom stereocenters. The maximum atomic E-state index is 12.7. The number of aliphatic hydroxyl groups is 1. The molecule has 176 valence electrons. The molecule has 1 saturated heterocycles. The van der Waals surface area contributed by atoms with E-state index in [-0.39, 0.29) is 25.1 Å². The van der Waals surface area contributed by atoms with Gasteiger partial charge in [0.2, 0.25) is 0 Å². The predicted octanol–water partition coefficient (Wildman–Crippen LogP) is 1.24. The highest BCUT2D eigenvalue weighted by molar-refractivity contribution is 7.86. The van der Waals surface area contributed by atoms with Crippen molar-refractivity contribution in [1.82, 2.24) is 13.9 Å². The summed E-state index contributed by atoms with van der Waals surface area (Å²) in [6.45, 7) is 4.81. The first-order chi connectivity index (χ1) is 14.6. The fourth-order valence-corrected chi connectivity index (χ4v) is 4.62. The van der Waals surface area contributed by atoms with Crippen LogP contribution in [0.1, 0.15) is 25.8 Å². The Balaban J connectivity index is 2.16. The molecule has 9 nitrogen and oxygen atoms in total. The van der Waals surface area contributed by atoms with Gasteiger partial charge >= 0.3 is 6.09 Å². The van der Waals surface area contributed by atoms with E-state index in [1.165, 1.54) is 18.4 Å². The summed E-state index contributed by atoms with van der Waals surface area (Å²) in [5.41, 5.74) is 0.905. The molecule has 1 amide bonds. The van der Waals surface area contributed by atoms with Crippen molar-refractivity contribution in [3.63, 3.8) is 0 Å².